The van der Waals surface area contributed by atoms with Crippen LogP contribution in [0.1, 0.15) is 44.0 Å². The van der Waals surface area contributed by atoms with E-state index < -0.39 is 0 Å². The van der Waals surface area contributed by atoms with Crippen molar-refractivity contribution in [2.45, 2.75) is 45.6 Å². The van der Waals surface area contributed by atoms with Crippen molar-refractivity contribution in [3.05, 3.63) is 17.5 Å². The first-order valence-electron chi connectivity index (χ1n) is 6.41. The maximum Gasteiger partial charge on any atom is 0.317 e. The fraction of sp³-hybridized carbons (Fsp3) is 0.615. The SMILES string of the molecule is Cc1cc(C(=N)N)nc(OC2CCCC(C)C2)n1. The van der Waals surface area contributed by atoms with E-state index in [0.717, 1.165) is 18.5 Å². The number of nitrogens with two attached hydrogens (primary N) is 1. The molecule has 98 valence electrons. The van der Waals surface area contributed by atoms with Gasteiger partial charge in [0.05, 0.1) is 0 Å². The third-order valence-corrected chi connectivity index (χ3v) is 3.27. The third kappa shape index (κ3) is 3.18. The van der Waals surface area contributed by atoms with Gasteiger partial charge in [-0.15, -0.1) is 0 Å². The average molecular weight is 248 g/mol. The van der Waals surface area contributed by atoms with Gasteiger partial charge in [0.2, 0.25) is 0 Å². The normalized spacial score (nSPS) is 23.7. The molecule has 1 saturated carbocycles. The number of ether oxygens (including phenoxy) is 1. The van der Waals surface area contributed by atoms with Crippen molar-refractivity contribution in [2.24, 2.45) is 11.7 Å². The Balaban J connectivity index is 2.10. The lowest BCUT2D eigenvalue weighted by atomic mass is 9.89. The molecular weight excluding hydrogens is 228 g/mol. The van der Waals surface area contributed by atoms with Crippen molar-refractivity contribution in [2.75, 3.05) is 0 Å². The van der Waals surface area contributed by atoms with Crippen LogP contribution in [-0.2, 0) is 0 Å². The second kappa shape index (κ2) is 5.33. The molecule has 1 aromatic rings. The van der Waals surface area contributed by atoms with Crippen LogP contribution in [0.2, 0.25) is 0 Å². The van der Waals surface area contributed by atoms with Gasteiger partial charge >= 0.3 is 6.01 Å². The number of nitrogen functional groups attached to an aromatic ring is 1. The van der Waals surface area contributed by atoms with Gasteiger partial charge in [-0.25, -0.2) is 4.98 Å². The molecule has 5 nitrogen and oxygen atoms in total. The highest BCUT2D eigenvalue weighted by Crippen LogP contribution is 2.26. The van der Waals surface area contributed by atoms with Crippen LogP contribution in [-0.4, -0.2) is 21.9 Å². The molecule has 1 heterocycles. The number of amidine groups is 1. The molecule has 5 heteroatoms. The molecule has 18 heavy (non-hydrogen) atoms. The predicted molar refractivity (Wildman–Crippen MR) is 69.8 cm³/mol. The first kappa shape index (κ1) is 12.8. The molecule has 1 aliphatic carbocycles. The van der Waals surface area contributed by atoms with E-state index in [-0.39, 0.29) is 11.9 Å². The van der Waals surface area contributed by atoms with E-state index >= 15 is 0 Å². The molecular formula is C13H20N4O. The molecule has 0 spiro atoms. The second-order valence-corrected chi connectivity index (χ2v) is 5.10. The lowest BCUT2D eigenvalue weighted by Crippen LogP contribution is -2.25. The minimum absolute atomic E-state index is 0.0534. The van der Waals surface area contributed by atoms with Gasteiger partial charge in [-0.2, -0.15) is 4.98 Å². The van der Waals surface area contributed by atoms with Crippen molar-refractivity contribution in [3.8, 4) is 6.01 Å². The molecule has 1 fully saturated rings. The van der Waals surface area contributed by atoms with Crippen LogP contribution in [0.25, 0.3) is 0 Å². The predicted octanol–water partition coefficient (Wildman–Crippen LogP) is 2.03. The molecule has 3 N–H and O–H groups in total. The Morgan fingerprint density at radius 2 is 2.22 bits per heavy atom. The van der Waals surface area contributed by atoms with Crippen LogP contribution in [0, 0.1) is 18.3 Å². The van der Waals surface area contributed by atoms with Gasteiger partial charge in [0.1, 0.15) is 17.6 Å². The number of hydrogen-bond donors (Lipinski definition) is 2. The van der Waals surface area contributed by atoms with Gasteiger partial charge in [-0.05, 0) is 38.2 Å². The van der Waals surface area contributed by atoms with Crippen LogP contribution in [0.4, 0.5) is 0 Å². The molecule has 0 radical (unpaired) electrons. The summed E-state index contributed by atoms with van der Waals surface area (Å²) in [7, 11) is 0. The molecule has 0 amide bonds. The van der Waals surface area contributed by atoms with Crippen molar-refractivity contribution >= 4 is 5.84 Å². The summed E-state index contributed by atoms with van der Waals surface area (Å²) in [5, 5.41) is 7.41. The van der Waals surface area contributed by atoms with Gasteiger partial charge in [0.15, 0.2) is 0 Å². The van der Waals surface area contributed by atoms with E-state index in [2.05, 4.69) is 16.9 Å². The minimum atomic E-state index is -0.0534. The van der Waals surface area contributed by atoms with Crippen LogP contribution in [0.15, 0.2) is 6.07 Å². The Labute approximate surface area is 107 Å². The molecule has 2 atom stereocenters. The highest BCUT2D eigenvalue weighted by molar-refractivity contribution is 5.93. The summed E-state index contributed by atoms with van der Waals surface area (Å²) >= 11 is 0. The topological polar surface area (TPSA) is 84.9 Å². The lowest BCUT2D eigenvalue weighted by molar-refractivity contribution is 0.118. The number of aryl methyl sites for hydroxylation is 1. The number of nitrogens with zero attached hydrogens (tertiary/aromatic N) is 2. The Bertz CT molecular complexity index is 447. The zero-order valence-corrected chi connectivity index (χ0v) is 10.9. The zero-order chi connectivity index (χ0) is 13.1. The number of hydrogen-bond acceptors (Lipinski definition) is 4. The average Bonchev–Trinajstić information content (AvgIpc) is 2.28. The summed E-state index contributed by atoms with van der Waals surface area (Å²) in [6.07, 6.45) is 4.75. The maximum atomic E-state index is 7.41. The number of aromatic nitrogens is 2. The third-order valence-electron chi connectivity index (χ3n) is 3.27. The summed E-state index contributed by atoms with van der Waals surface area (Å²) < 4.78 is 5.82. The number of nitrogens with one attached hydrogen (secondary N) is 1. The van der Waals surface area contributed by atoms with Crippen LogP contribution >= 0.6 is 0 Å². The minimum Gasteiger partial charge on any atom is -0.460 e. The van der Waals surface area contributed by atoms with Crippen LogP contribution in [0.5, 0.6) is 6.01 Å². The van der Waals surface area contributed by atoms with Gasteiger partial charge in [0.25, 0.3) is 0 Å². The van der Waals surface area contributed by atoms with Crippen molar-refractivity contribution in [1.29, 1.82) is 5.41 Å². The summed E-state index contributed by atoms with van der Waals surface area (Å²) in [5.74, 6) is 0.642. The Morgan fingerprint density at radius 3 is 2.89 bits per heavy atom. The number of rotatable bonds is 3. The van der Waals surface area contributed by atoms with Crippen molar-refractivity contribution in [1.82, 2.24) is 9.97 Å². The van der Waals surface area contributed by atoms with Crippen LogP contribution in [0.3, 0.4) is 0 Å². The largest absolute Gasteiger partial charge is 0.460 e. The van der Waals surface area contributed by atoms with E-state index in [1.54, 1.807) is 6.07 Å². The smallest absolute Gasteiger partial charge is 0.317 e. The monoisotopic (exact) mass is 248 g/mol. The summed E-state index contributed by atoms with van der Waals surface area (Å²) in [5.41, 5.74) is 6.65. The summed E-state index contributed by atoms with van der Waals surface area (Å²) in [4.78, 5) is 8.42. The van der Waals surface area contributed by atoms with Gasteiger partial charge in [0, 0.05) is 5.69 Å². The quantitative estimate of drug-likeness (QED) is 0.633. The van der Waals surface area contributed by atoms with Gasteiger partial charge in [-0.1, -0.05) is 13.3 Å². The first-order valence-corrected chi connectivity index (χ1v) is 6.41. The Hall–Kier alpha value is -1.65. The second-order valence-electron chi connectivity index (χ2n) is 5.10. The fourth-order valence-corrected chi connectivity index (χ4v) is 2.37. The molecule has 0 saturated heterocycles. The lowest BCUT2D eigenvalue weighted by Gasteiger charge is -2.26. The zero-order valence-electron chi connectivity index (χ0n) is 10.9. The summed E-state index contributed by atoms with van der Waals surface area (Å²) in [6.45, 7) is 4.10. The molecule has 1 aliphatic rings. The molecule has 0 aromatic carbocycles. The standard InChI is InChI=1S/C13H20N4O/c1-8-4-3-5-10(6-8)18-13-16-9(2)7-11(17-13)12(14)15/h7-8,10H,3-6H2,1-2H3,(H3,14,15). The Kier molecular flexibility index (Phi) is 3.79. The van der Waals surface area contributed by atoms with Gasteiger partial charge < -0.3 is 10.5 Å². The maximum absolute atomic E-state index is 7.41. The molecule has 0 aliphatic heterocycles. The van der Waals surface area contributed by atoms with E-state index in [0.29, 0.717) is 17.6 Å². The molecule has 2 rings (SSSR count). The highest BCUT2D eigenvalue weighted by Gasteiger charge is 2.21. The van der Waals surface area contributed by atoms with E-state index in [4.69, 9.17) is 15.9 Å². The summed E-state index contributed by atoms with van der Waals surface area (Å²) in [6, 6.07) is 2.04. The fourth-order valence-electron chi connectivity index (χ4n) is 2.37. The van der Waals surface area contributed by atoms with E-state index in [9.17, 15) is 0 Å². The van der Waals surface area contributed by atoms with Crippen molar-refractivity contribution in [3.63, 3.8) is 0 Å². The van der Waals surface area contributed by atoms with Crippen molar-refractivity contribution < 1.29 is 4.74 Å². The van der Waals surface area contributed by atoms with E-state index in [1.807, 2.05) is 6.92 Å². The molecule has 2 unspecified atom stereocenters. The van der Waals surface area contributed by atoms with E-state index in [1.165, 1.54) is 12.8 Å². The first-order chi connectivity index (χ1) is 8.54. The Morgan fingerprint density at radius 1 is 1.44 bits per heavy atom. The molecule has 0 bridgehead atoms. The van der Waals surface area contributed by atoms with Gasteiger partial charge in [-0.3, -0.25) is 5.41 Å². The highest BCUT2D eigenvalue weighted by atomic mass is 16.5. The molecule has 1 aromatic heterocycles. The van der Waals surface area contributed by atoms with Crippen LogP contribution < -0.4 is 10.5 Å².